The zero-order chi connectivity index (χ0) is 14.5. The Kier molecular flexibility index (Phi) is 4.25. The average molecular weight is 285 g/mol. The average Bonchev–Trinajstić information content (AvgIpc) is 2.90. The Hall–Kier alpha value is -2.21. The fraction of sp³-hybridized carbons (Fsp3) is 0.400. The van der Waals surface area contributed by atoms with E-state index in [4.69, 9.17) is 5.11 Å². The van der Waals surface area contributed by atoms with E-state index in [1.165, 1.54) is 0 Å². The van der Waals surface area contributed by atoms with Gasteiger partial charge in [0.25, 0.3) is 0 Å². The summed E-state index contributed by atoms with van der Waals surface area (Å²) in [6.07, 6.45) is 7.62. The number of rotatable bonds is 7. The molecular formula is C15H19N5O. The number of nitrogens with zero attached hydrogens (tertiary/aromatic N) is 4. The Balaban J connectivity index is 1.73. The third-order valence-corrected chi connectivity index (χ3v) is 3.47. The van der Waals surface area contributed by atoms with Crippen LogP contribution >= 0.6 is 0 Å². The van der Waals surface area contributed by atoms with Crippen LogP contribution in [0.3, 0.4) is 0 Å². The largest absolute Gasteiger partial charge is 0.396 e. The fourth-order valence-corrected chi connectivity index (χ4v) is 2.39. The molecule has 0 unspecified atom stereocenters. The molecule has 0 spiro atoms. The number of aliphatic hydroxyl groups excluding tert-OH is 1. The Bertz CT molecular complexity index is 724. The number of fused-ring (bicyclic) bond motifs is 3. The normalized spacial score (nSPS) is 11.3. The van der Waals surface area contributed by atoms with Gasteiger partial charge in [-0.1, -0.05) is 18.9 Å². The third-order valence-electron chi connectivity index (χ3n) is 3.47. The van der Waals surface area contributed by atoms with E-state index < -0.39 is 0 Å². The van der Waals surface area contributed by atoms with Gasteiger partial charge in [-0.25, -0.2) is 15.0 Å². The number of hydrogen-bond acceptors (Lipinski definition) is 5. The van der Waals surface area contributed by atoms with Crippen molar-refractivity contribution in [1.82, 2.24) is 19.4 Å². The summed E-state index contributed by atoms with van der Waals surface area (Å²) in [5.74, 6) is 0.783. The zero-order valence-electron chi connectivity index (χ0n) is 11.9. The molecule has 0 amide bonds. The molecule has 0 fully saturated rings. The molecule has 0 saturated heterocycles. The molecule has 21 heavy (non-hydrogen) atoms. The van der Waals surface area contributed by atoms with E-state index in [0.717, 1.165) is 54.9 Å². The van der Waals surface area contributed by atoms with Crippen molar-refractivity contribution in [3.63, 3.8) is 0 Å². The summed E-state index contributed by atoms with van der Waals surface area (Å²) < 4.78 is 1.96. The van der Waals surface area contributed by atoms with Crippen molar-refractivity contribution in [2.75, 3.05) is 18.5 Å². The number of aliphatic hydroxyl groups is 1. The second-order valence-electron chi connectivity index (χ2n) is 5.00. The second kappa shape index (κ2) is 6.49. The highest BCUT2D eigenvalue weighted by molar-refractivity contribution is 5.86. The van der Waals surface area contributed by atoms with Gasteiger partial charge in [-0.05, 0) is 25.0 Å². The molecule has 0 aliphatic heterocycles. The molecule has 0 aliphatic rings. The first-order valence-electron chi connectivity index (χ1n) is 7.32. The number of aromatic nitrogens is 4. The lowest BCUT2D eigenvalue weighted by Crippen LogP contribution is -2.04. The molecule has 0 aromatic carbocycles. The maximum atomic E-state index is 8.75. The van der Waals surface area contributed by atoms with E-state index in [2.05, 4.69) is 20.3 Å². The molecule has 6 nitrogen and oxygen atoms in total. The first kappa shape index (κ1) is 13.8. The lowest BCUT2D eigenvalue weighted by atomic mass is 10.2. The summed E-state index contributed by atoms with van der Waals surface area (Å²) in [5, 5.41) is 12.1. The Morgan fingerprint density at radius 1 is 1.10 bits per heavy atom. The van der Waals surface area contributed by atoms with Gasteiger partial charge in [0.15, 0.2) is 17.0 Å². The lowest BCUT2D eigenvalue weighted by molar-refractivity contribution is 0.283. The van der Waals surface area contributed by atoms with Crippen LogP contribution < -0.4 is 5.32 Å². The van der Waals surface area contributed by atoms with Gasteiger partial charge < -0.3 is 10.4 Å². The molecule has 0 bridgehead atoms. The van der Waals surface area contributed by atoms with E-state index in [-0.39, 0.29) is 6.61 Å². The van der Waals surface area contributed by atoms with Crippen molar-refractivity contribution in [3.05, 3.63) is 30.7 Å². The smallest absolute Gasteiger partial charge is 0.170 e. The summed E-state index contributed by atoms with van der Waals surface area (Å²) in [7, 11) is 0. The van der Waals surface area contributed by atoms with Crippen LogP contribution in [-0.4, -0.2) is 37.6 Å². The summed E-state index contributed by atoms with van der Waals surface area (Å²) in [5.41, 5.74) is 2.50. The van der Waals surface area contributed by atoms with Crippen molar-refractivity contribution in [2.45, 2.75) is 25.7 Å². The van der Waals surface area contributed by atoms with Crippen molar-refractivity contribution >= 4 is 22.6 Å². The fourth-order valence-electron chi connectivity index (χ4n) is 2.39. The Morgan fingerprint density at radius 3 is 2.90 bits per heavy atom. The van der Waals surface area contributed by atoms with Gasteiger partial charge >= 0.3 is 0 Å². The highest BCUT2D eigenvalue weighted by atomic mass is 16.2. The van der Waals surface area contributed by atoms with Crippen LogP contribution in [0.15, 0.2) is 30.7 Å². The van der Waals surface area contributed by atoms with Crippen LogP contribution in [0.4, 0.5) is 5.82 Å². The first-order valence-corrected chi connectivity index (χ1v) is 7.32. The van der Waals surface area contributed by atoms with Crippen molar-refractivity contribution in [3.8, 4) is 0 Å². The van der Waals surface area contributed by atoms with Crippen molar-refractivity contribution < 1.29 is 5.11 Å². The molecule has 3 aromatic rings. The molecular weight excluding hydrogens is 266 g/mol. The Labute approximate surface area is 122 Å². The van der Waals surface area contributed by atoms with Gasteiger partial charge in [-0.3, -0.25) is 4.40 Å². The molecule has 0 saturated carbocycles. The molecule has 6 heteroatoms. The highest BCUT2D eigenvalue weighted by Crippen LogP contribution is 2.19. The number of imidazole rings is 1. The minimum absolute atomic E-state index is 0.279. The van der Waals surface area contributed by atoms with Gasteiger partial charge in [0.1, 0.15) is 12.0 Å². The second-order valence-corrected chi connectivity index (χ2v) is 5.00. The highest BCUT2D eigenvalue weighted by Gasteiger charge is 2.09. The summed E-state index contributed by atoms with van der Waals surface area (Å²) in [4.78, 5) is 13.2. The predicted molar refractivity (Wildman–Crippen MR) is 82.3 cm³/mol. The Morgan fingerprint density at radius 2 is 2.00 bits per heavy atom. The number of nitrogens with one attached hydrogen (secondary N) is 1. The van der Waals surface area contributed by atoms with Crippen LogP contribution in [0.5, 0.6) is 0 Å². The van der Waals surface area contributed by atoms with Crippen molar-refractivity contribution in [1.29, 1.82) is 0 Å². The van der Waals surface area contributed by atoms with Crippen LogP contribution in [0.25, 0.3) is 16.8 Å². The van der Waals surface area contributed by atoms with Gasteiger partial charge in [-0.15, -0.1) is 0 Å². The first-order chi connectivity index (χ1) is 10.4. The number of unbranched alkanes of at least 4 members (excludes halogenated alkanes) is 3. The van der Waals surface area contributed by atoms with Gasteiger partial charge in [0.05, 0.1) is 0 Å². The molecule has 0 aliphatic carbocycles. The molecule has 3 heterocycles. The lowest BCUT2D eigenvalue weighted by Gasteiger charge is -2.05. The van der Waals surface area contributed by atoms with Gasteiger partial charge in [0, 0.05) is 19.3 Å². The number of hydrogen-bond donors (Lipinski definition) is 2. The van der Waals surface area contributed by atoms with E-state index in [1.54, 1.807) is 6.33 Å². The van der Waals surface area contributed by atoms with E-state index in [9.17, 15) is 0 Å². The predicted octanol–water partition coefficient (Wildman–Crippen LogP) is 2.24. The number of pyridine rings is 1. The maximum Gasteiger partial charge on any atom is 0.170 e. The summed E-state index contributed by atoms with van der Waals surface area (Å²) >= 11 is 0. The van der Waals surface area contributed by atoms with Crippen LogP contribution in [0, 0.1) is 0 Å². The zero-order valence-corrected chi connectivity index (χ0v) is 11.9. The molecule has 0 atom stereocenters. The van der Waals surface area contributed by atoms with Gasteiger partial charge in [-0.2, -0.15) is 0 Å². The minimum Gasteiger partial charge on any atom is -0.396 e. The summed E-state index contributed by atoms with van der Waals surface area (Å²) in [6, 6.07) is 5.88. The van der Waals surface area contributed by atoms with Crippen LogP contribution in [0.1, 0.15) is 25.7 Å². The van der Waals surface area contributed by atoms with E-state index >= 15 is 0 Å². The van der Waals surface area contributed by atoms with Crippen molar-refractivity contribution in [2.24, 2.45) is 0 Å². The van der Waals surface area contributed by atoms with Crippen LogP contribution in [0.2, 0.25) is 0 Å². The van der Waals surface area contributed by atoms with E-state index in [0.29, 0.717) is 0 Å². The minimum atomic E-state index is 0.279. The monoisotopic (exact) mass is 285 g/mol. The third kappa shape index (κ3) is 2.95. The standard InChI is InChI=1S/C15H19N5O/c21-10-6-2-1-4-8-16-14-13-15(18-11-17-14)20-9-5-3-7-12(20)19-13/h3,5,7,9,11,21H,1-2,4,6,8,10H2,(H,16,17,18). The summed E-state index contributed by atoms with van der Waals surface area (Å²) in [6.45, 7) is 1.13. The van der Waals surface area contributed by atoms with E-state index in [1.807, 2.05) is 28.8 Å². The molecule has 0 radical (unpaired) electrons. The maximum absolute atomic E-state index is 8.75. The van der Waals surface area contributed by atoms with Gasteiger partial charge in [0.2, 0.25) is 0 Å². The molecule has 3 aromatic heterocycles. The molecule has 2 N–H and O–H groups in total. The molecule has 3 rings (SSSR count). The number of anilines is 1. The topological polar surface area (TPSA) is 75.3 Å². The SMILES string of the molecule is OCCCCCCNc1ncnc2c1nc1ccccn12. The quantitative estimate of drug-likeness (QED) is 0.651. The van der Waals surface area contributed by atoms with Crippen LogP contribution in [-0.2, 0) is 0 Å². The molecule has 110 valence electrons.